The third kappa shape index (κ3) is 4.38. The Kier molecular flexibility index (Phi) is 5.87. The van der Waals surface area contributed by atoms with Crippen molar-refractivity contribution in [2.45, 2.75) is 57.4 Å². The first-order valence-corrected chi connectivity index (χ1v) is 10.1. The number of amides is 1. The molecular weight excluding hydrogens is 280 g/mol. The summed E-state index contributed by atoms with van der Waals surface area (Å²) in [5.41, 5.74) is 0. The molecule has 0 radical (unpaired) electrons. The zero-order chi connectivity index (χ0) is 14.5. The van der Waals surface area contributed by atoms with Crippen molar-refractivity contribution in [1.29, 1.82) is 0 Å². The average Bonchev–Trinajstić information content (AvgIpc) is 3.08. The number of nitrogens with zero attached hydrogens (tertiary/aromatic N) is 2. The Bertz CT molecular complexity index is 338. The molecule has 0 aromatic carbocycles. The Morgan fingerprint density at radius 1 is 1.00 bits per heavy atom. The number of carbonyl (C=O) groups excluding carboxylic acids is 1. The molecule has 3 aliphatic rings. The van der Waals surface area contributed by atoms with Crippen molar-refractivity contribution in [3.8, 4) is 0 Å². The lowest BCUT2D eigenvalue weighted by atomic mass is 9.91. The molecule has 120 valence electrons. The van der Waals surface area contributed by atoms with E-state index in [1.165, 1.54) is 63.1 Å². The van der Waals surface area contributed by atoms with Gasteiger partial charge in [-0.25, -0.2) is 0 Å². The van der Waals surface area contributed by atoms with Crippen LogP contribution < -0.4 is 0 Å². The monoisotopic (exact) mass is 310 g/mol. The molecule has 3 heterocycles. The van der Waals surface area contributed by atoms with Gasteiger partial charge in [0, 0.05) is 32.1 Å². The Morgan fingerprint density at radius 2 is 1.76 bits per heavy atom. The Hall–Kier alpha value is -0.220. The first-order chi connectivity index (χ1) is 10.3. The van der Waals surface area contributed by atoms with Crippen molar-refractivity contribution < 1.29 is 4.79 Å². The highest BCUT2D eigenvalue weighted by atomic mass is 32.2. The third-order valence-electron chi connectivity index (χ3n) is 5.48. The van der Waals surface area contributed by atoms with Crippen LogP contribution in [-0.4, -0.2) is 59.4 Å². The van der Waals surface area contributed by atoms with Gasteiger partial charge in [-0.1, -0.05) is 0 Å². The highest BCUT2D eigenvalue weighted by molar-refractivity contribution is 7.99. The van der Waals surface area contributed by atoms with Crippen molar-refractivity contribution in [3.63, 3.8) is 0 Å². The van der Waals surface area contributed by atoms with Gasteiger partial charge in [-0.05, 0) is 68.9 Å². The molecule has 0 aromatic rings. The largest absolute Gasteiger partial charge is 0.343 e. The van der Waals surface area contributed by atoms with Crippen LogP contribution in [0.3, 0.4) is 0 Å². The number of hydrogen-bond donors (Lipinski definition) is 0. The van der Waals surface area contributed by atoms with Gasteiger partial charge in [-0.2, -0.15) is 11.8 Å². The molecule has 0 saturated carbocycles. The van der Waals surface area contributed by atoms with Crippen molar-refractivity contribution in [3.05, 3.63) is 0 Å². The van der Waals surface area contributed by atoms with Gasteiger partial charge in [-0.15, -0.1) is 0 Å². The molecule has 0 bridgehead atoms. The first kappa shape index (κ1) is 15.7. The topological polar surface area (TPSA) is 23.6 Å². The predicted molar refractivity (Wildman–Crippen MR) is 89.7 cm³/mol. The number of hydrogen-bond acceptors (Lipinski definition) is 3. The van der Waals surface area contributed by atoms with Crippen LogP contribution in [0.1, 0.15) is 51.4 Å². The molecule has 0 aliphatic carbocycles. The predicted octanol–water partition coefficient (Wildman–Crippen LogP) is 3.00. The van der Waals surface area contributed by atoms with Crippen LogP contribution >= 0.6 is 11.8 Å². The fourth-order valence-electron chi connectivity index (χ4n) is 4.17. The van der Waals surface area contributed by atoms with E-state index < -0.39 is 0 Å². The smallest absolute Gasteiger partial charge is 0.222 e. The lowest BCUT2D eigenvalue weighted by Gasteiger charge is -2.40. The van der Waals surface area contributed by atoms with Gasteiger partial charge < -0.3 is 9.80 Å². The Morgan fingerprint density at radius 3 is 2.52 bits per heavy atom. The lowest BCUT2D eigenvalue weighted by Crippen LogP contribution is -2.44. The fraction of sp³-hybridized carbons (Fsp3) is 0.941. The fourth-order valence-corrected chi connectivity index (χ4v) is 5.25. The van der Waals surface area contributed by atoms with Gasteiger partial charge in [0.25, 0.3) is 0 Å². The van der Waals surface area contributed by atoms with E-state index in [1.54, 1.807) is 0 Å². The maximum absolute atomic E-state index is 12.2. The van der Waals surface area contributed by atoms with Gasteiger partial charge in [0.1, 0.15) is 0 Å². The van der Waals surface area contributed by atoms with Crippen LogP contribution in [0.25, 0.3) is 0 Å². The molecule has 0 N–H and O–H groups in total. The summed E-state index contributed by atoms with van der Waals surface area (Å²) in [6, 6.07) is 0.836. The SMILES string of the molecule is O=C(CCC1CCCN(C2CCSCC2)C1)N1CCCC1. The molecular formula is C17H30N2OS. The molecule has 21 heavy (non-hydrogen) atoms. The van der Waals surface area contributed by atoms with Crippen molar-refractivity contribution in [2.24, 2.45) is 5.92 Å². The van der Waals surface area contributed by atoms with Crippen LogP contribution in [-0.2, 0) is 4.79 Å². The molecule has 4 heteroatoms. The number of piperidine rings is 1. The van der Waals surface area contributed by atoms with Crippen molar-refractivity contribution >= 4 is 17.7 Å². The minimum atomic E-state index is 0.415. The van der Waals surface area contributed by atoms with Crippen LogP contribution in [0.4, 0.5) is 0 Å². The van der Waals surface area contributed by atoms with E-state index in [4.69, 9.17) is 0 Å². The maximum Gasteiger partial charge on any atom is 0.222 e. The second-order valence-corrected chi connectivity index (χ2v) is 8.20. The molecule has 1 unspecified atom stereocenters. The summed E-state index contributed by atoms with van der Waals surface area (Å²) >= 11 is 2.11. The summed E-state index contributed by atoms with van der Waals surface area (Å²) in [6.07, 6.45) is 9.77. The highest BCUT2D eigenvalue weighted by Crippen LogP contribution is 2.28. The van der Waals surface area contributed by atoms with Gasteiger partial charge >= 0.3 is 0 Å². The number of likely N-dealkylation sites (tertiary alicyclic amines) is 2. The maximum atomic E-state index is 12.2. The zero-order valence-electron chi connectivity index (χ0n) is 13.3. The van der Waals surface area contributed by atoms with Crippen molar-refractivity contribution in [2.75, 3.05) is 37.7 Å². The number of rotatable bonds is 4. The molecule has 0 aromatic heterocycles. The van der Waals surface area contributed by atoms with E-state index in [1.807, 2.05) is 0 Å². The van der Waals surface area contributed by atoms with Gasteiger partial charge in [-0.3, -0.25) is 4.79 Å². The molecule has 3 aliphatic heterocycles. The van der Waals surface area contributed by atoms with Crippen LogP contribution in [0, 0.1) is 5.92 Å². The normalized spacial score (nSPS) is 29.0. The summed E-state index contributed by atoms with van der Waals surface area (Å²) in [6.45, 7) is 4.57. The van der Waals surface area contributed by atoms with E-state index >= 15 is 0 Å². The minimum absolute atomic E-state index is 0.415. The molecule has 3 rings (SSSR count). The third-order valence-corrected chi connectivity index (χ3v) is 6.53. The van der Waals surface area contributed by atoms with E-state index in [-0.39, 0.29) is 0 Å². The second-order valence-electron chi connectivity index (χ2n) is 6.97. The second kappa shape index (κ2) is 7.87. The average molecular weight is 311 g/mol. The summed E-state index contributed by atoms with van der Waals surface area (Å²) in [7, 11) is 0. The standard InChI is InChI=1S/C17H30N2OS/c20-17(18-9-1-2-10-18)6-5-15-4-3-11-19(14-15)16-7-12-21-13-8-16/h15-16H,1-14H2. The highest BCUT2D eigenvalue weighted by Gasteiger charge is 2.27. The Balaban J connectivity index is 1.41. The molecule has 3 nitrogen and oxygen atoms in total. The summed E-state index contributed by atoms with van der Waals surface area (Å²) < 4.78 is 0. The zero-order valence-corrected chi connectivity index (χ0v) is 14.1. The molecule has 3 fully saturated rings. The van der Waals surface area contributed by atoms with Gasteiger partial charge in [0.05, 0.1) is 0 Å². The van der Waals surface area contributed by atoms with E-state index in [0.717, 1.165) is 37.9 Å². The van der Waals surface area contributed by atoms with Gasteiger partial charge in [0.2, 0.25) is 5.91 Å². The van der Waals surface area contributed by atoms with Gasteiger partial charge in [0.15, 0.2) is 0 Å². The molecule has 1 atom stereocenters. The van der Waals surface area contributed by atoms with Crippen LogP contribution in [0.2, 0.25) is 0 Å². The Labute approximate surface area is 133 Å². The summed E-state index contributed by atoms with van der Waals surface area (Å²) in [4.78, 5) is 17.0. The molecule has 1 amide bonds. The molecule has 3 saturated heterocycles. The number of carbonyl (C=O) groups is 1. The van der Waals surface area contributed by atoms with Crippen molar-refractivity contribution in [1.82, 2.24) is 9.80 Å². The van der Waals surface area contributed by atoms with E-state index in [9.17, 15) is 4.79 Å². The van der Waals surface area contributed by atoms with Crippen LogP contribution in [0.15, 0.2) is 0 Å². The summed E-state index contributed by atoms with van der Waals surface area (Å²) in [5, 5.41) is 0. The van der Waals surface area contributed by atoms with Crippen LogP contribution in [0.5, 0.6) is 0 Å². The van der Waals surface area contributed by atoms with E-state index in [2.05, 4.69) is 21.6 Å². The van der Waals surface area contributed by atoms with E-state index in [0.29, 0.717) is 5.91 Å². The quantitative estimate of drug-likeness (QED) is 0.797. The first-order valence-electron chi connectivity index (χ1n) is 8.92. The lowest BCUT2D eigenvalue weighted by molar-refractivity contribution is -0.130. The minimum Gasteiger partial charge on any atom is -0.343 e. The number of thioether (sulfide) groups is 1. The summed E-state index contributed by atoms with van der Waals surface area (Å²) in [5.74, 6) is 3.87. The molecule has 0 spiro atoms.